The maximum absolute atomic E-state index is 9.20. The Labute approximate surface area is 82.5 Å². The molecule has 1 rings (SSSR count). The Hall–Kier alpha value is -0.0400. The molecule has 1 aliphatic carbocycles. The van der Waals surface area contributed by atoms with Crippen molar-refractivity contribution in [1.29, 1.82) is 0 Å². The summed E-state index contributed by atoms with van der Waals surface area (Å²) in [6, 6.07) is 0. The summed E-state index contributed by atoms with van der Waals surface area (Å²) in [4.78, 5) is 0. The second-order valence-electron chi connectivity index (χ2n) is 5.24. The largest absolute Gasteiger partial charge is 0.396 e. The van der Waals surface area contributed by atoms with Gasteiger partial charge in [0, 0.05) is 6.61 Å². The van der Waals surface area contributed by atoms with Gasteiger partial charge in [-0.2, -0.15) is 0 Å². The van der Waals surface area contributed by atoms with Crippen molar-refractivity contribution in [3.05, 3.63) is 0 Å². The van der Waals surface area contributed by atoms with E-state index in [9.17, 15) is 5.11 Å². The third-order valence-corrected chi connectivity index (χ3v) is 4.20. The smallest absolute Gasteiger partial charge is 0.0461 e. The number of aliphatic hydroxyl groups is 1. The standard InChI is InChI=1S/C12H24O/c1-10(9-13)12(2,3)11-7-5-4-6-8-11/h10-11,13H,4-9H2,1-3H3/t10-/m1/s1. The minimum Gasteiger partial charge on any atom is -0.396 e. The highest BCUT2D eigenvalue weighted by Gasteiger charge is 2.34. The fourth-order valence-corrected chi connectivity index (χ4v) is 2.48. The van der Waals surface area contributed by atoms with Gasteiger partial charge in [-0.15, -0.1) is 0 Å². The first-order chi connectivity index (χ1) is 6.09. The van der Waals surface area contributed by atoms with Gasteiger partial charge in [0.05, 0.1) is 0 Å². The minimum atomic E-state index is 0.329. The van der Waals surface area contributed by atoms with Crippen molar-refractivity contribution in [1.82, 2.24) is 0 Å². The Balaban J connectivity index is 2.55. The number of hydrogen-bond acceptors (Lipinski definition) is 1. The van der Waals surface area contributed by atoms with Gasteiger partial charge in [-0.25, -0.2) is 0 Å². The molecule has 1 saturated carbocycles. The summed E-state index contributed by atoms with van der Waals surface area (Å²) >= 11 is 0. The maximum Gasteiger partial charge on any atom is 0.0461 e. The van der Waals surface area contributed by atoms with Crippen LogP contribution in [0.3, 0.4) is 0 Å². The van der Waals surface area contributed by atoms with E-state index in [4.69, 9.17) is 0 Å². The highest BCUT2D eigenvalue weighted by atomic mass is 16.3. The molecule has 0 aromatic carbocycles. The summed E-state index contributed by atoms with van der Waals surface area (Å²) in [5.41, 5.74) is 0.329. The van der Waals surface area contributed by atoms with Crippen molar-refractivity contribution in [3.8, 4) is 0 Å². The van der Waals surface area contributed by atoms with Crippen molar-refractivity contribution >= 4 is 0 Å². The lowest BCUT2D eigenvalue weighted by Crippen LogP contribution is -2.34. The fourth-order valence-electron chi connectivity index (χ4n) is 2.48. The van der Waals surface area contributed by atoms with Crippen LogP contribution in [0.1, 0.15) is 52.9 Å². The van der Waals surface area contributed by atoms with Crippen molar-refractivity contribution in [2.75, 3.05) is 6.61 Å². The third kappa shape index (κ3) is 2.46. The monoisotopic (exact) mass is 184 g/mol. The second-order valence-corrected chi connectivity index (χ2v) is 5.24. The molecule has 0 aromatic rings. The summed E-state index contributed by atoms with van der Waals surface area (Å²) < 4.78 is 0. The van der Waals surface area contributed by atoms with E-state index in [2.05, 4.69) is 20.8 Å². The third-order valence-electron chi connectivity index (χ3n) is 4.20. The van der Waals surface area contributed by atoms with Crippen LogP contribution in [-0.4, -0.2) is 11.7 Å². The summed E-state index contributed by atoms with van der Waals surface area (Å²) in [7, 11) is 0. The second kappa shape index (κ2) is 4.45. The van der Waals surface area contributed by atoms with Crippen LogP contribution in [0, 0.1) is 17.3 Å². The first kappa shape index (κ1) is 11.0. The molecule has 1 N–H and O–H groups in total. The van der Waals surface area contributed by atoms with Gasteiger partial charge in [-0.1, -0.05) is 40.0 Å². The number of hydrogen-bond donors (Lipinski definition) is 1. The Morgan fingerprint density at radius 1 is 1.23 bits per heavy atom. The lowest BCUT2D eigenvalue weighted by atomic mass is 9.65. The molecule has 0 bridgehead atoms. The molecule has 0 spiro atoms. The van der Waals surface area contributed by atoms with Crippen LogP contribution in [-0.2, 0) is 0 Å². The lowest BCUT2D eigenvalue weighted by molar-refractivity contribution is 0.0531. The number of aliphatic hydroxyl groups excluding tert-OH is 1. The van der Waals surface area contributed by atoms with Crippen LogP contribution < -0.4 is 0 Å². The minimum absolute atomic E-state index is 0.329. The molecule has 0 radical (unpaired) electrons. The molecule has 0 aromatic heterocycles. The van der Waals surface area contributed by atoms with Gasteiger partial charge in [-0.3, -0.25) is 0 Å². The van der Waals surface area contributed by atoms with Gasteiger partial charge in [0.1, 0.15) is 0 Å². The van der Waals surface area contributed by atoms with Gasteiger partial charge in [-0.05, 0) is 30.1 Å². The Bertz CT molecular complexity index is 145. The molecule has 1 aliphatic rings. The predicted molar refractivity (Wildman–Crippen MR) is 56.6 cm³/mol. The topological polar surface area (TPSA) is 20.2 Å². The summed E-state index contributed by atoms with van der Waals surface area (Å²) in [6.45, 7) is 7.16. The van der Waals surface area contributed by atoms with Crippen molar-refractivity contribution in [2.24, 2.45) is 17.3 Å². The van der Waals surface area contributed by atoms with Crippen molar-refractivity contribution in [2.45, 2.75) is 52.9 Å². The molecule has 78 valence electrons. The average molecular weight is 184 g/mol. The van der Waals surface area contributed by atoms with Gasteiger partial charge in [0.2, 0.25) is 0 Å². The van der Waals surface area contributed by atoms with Crippen LogP contribution in [0.25, 0.3) is 0 Å². The lowest BCUT2D eigenvalue weighted by Gasteiger charge is -2.41. The van der Waals surface area contributed by atoms with E-state index in [-0.39, 0.29) is 0 Å². The highest BCUT2D eigenvalue weighted by Crippen LogP contribution is 2.42. The zero-order valence-corrected chi connectivity index (χ0v) is 9.34. The van der Waals surface area contributed by atoms with Gasteiger partial charge in [0.25, 0.3) is 0 Å². The Morgan fingerprint density at radius 3 is 2.23 bits per heavy atom. The first-order valence-corrected chi connectivity index (χ1v) is 5.70. The van der Waals surface area contributed by atoms with E-state index < -0.39 is 0 Å². The Kier molecular flexibility index (Phi) is 3.78. The summed E-state index contributed by atoms with van der Waals surface area (Å²) in [6.07, 6.45) is 6.95. The van der Waals surface area contributed by atoms with Crippen molar-refractivity contribution in [3.63, 3.8) is 0 Å². The molecule has 1 atom stereocenters. The van der Waals surface area contributed by atoms with Gasteiger partial charge in [0.15, 0.2) is 0 Å². The highest BCUT2D eigenvalue weighted by molar-refractivity contribution is 4.84. The molecule has 1 fully saturated rings. The predicted octanol–water partition coefficient (Wildman–Crippen LogP) is 3.22. The molecule has 13 heavy (non-hydrogen) atoms. The van der Waals surface area contributed by atoms with Crippen LogP contribution >= 0.6 is 0 Å². The molecule has 1 nitrogen and oxygen atoms in total. The van der Waals surface area contributed by atoms with Crippen LogP contribution in [0.5, 0.6) is 0 Å². The molecule has 0 aliphatic heterocycles. The van der Waals surface area contributed by atoms with E-state index in [1.54, 1.807) is 0 Å². The fraction of sp³-hybridized carbons (Fsp3) is 1.00. The Morgan fingerprint density at radius 2 is 1.77 bits per heavy atom. The zero-order valence-electron chi connectivity index (χ0n) is 9.34. The molecule has 0 unspecified atom stereocenters. The van der Waals surface area contributed by atoms with Gasteiger partial charge < -0.3 is 5.11 Å². The van der Waals surface area contributed by atoms with Crippen LogP contribution in [0.15, 0.2) is 0 Å². The first-order valence-electron chi connectivity index (χ1n) is 5.70. The average Bonchev–Trinajstić information content (AvgIpc) is 2.18. The number of rotatable bonds is 3. The molecule has 0 saturated heterocycles. The van der Waals surface area contributed by atoms with E-state index >= 15 is 0 Å². The molecular weight excluding hydrogens is 160 g/mol. The SMILES string of the molecule is C[C@H](CO)C(C)(C)C1CCCCC1. The van der Waals surface area contributed by atoms with Gasteiger partial charge >= 0.3 is 0 Å². The van der Waals surface area contributed by atoms with Crippen LogP contribution in [0.4, 0.5) is 0 Å². The van der Waals surface area contributed by atoms with Crippen LogP contribution in [0.2, 0.25) is 0 Å². The van der Waals surface area contributed by atoms with Crippen molar-refractivity contribution < 1.29 is 5.11 Å². The van der Waals surface area contributed by atoms with E-state index in [0.717, 1.165) is 5.92 Å². The molecular formula is C12H24O. The quantitative estimate of drug-likeness (QED) is 0.714. The summed E-state index contributed by atoms with van der Waals surface area (Å²) in [5, 5.41) is 9.20. The molecule has 1 heteroatoms. The zero-order chi connectivity index (χ0) is 9.90. The molecule has 0 heterocycles. The van der Waals surface area contributed by atoms with E-state index in [0.29, 0.717) is 17.9 Å². The van der Waals surface area contributed by atoms with E-state index in [1.807, 2.05) is 0 Å². The normalized spacial score (nSPS) is 23.1. The summed E-state index contributed by atoms with van der Waals surface area (Å²) in [5.74, 6) is 1.28. The van der Waals surface area contributed by atoms with E-state index in [1.165, 1.54) is 32.1 Å². The maximum atomic E-state index is 9.20. The molecule has 0 amide bonds.